The standard InChI is InChI=1S/C11H12FNO/c1-11(2,12)10(13-3)8-6-4-5-7-9(8)14/h4-7,10,14H,1-2H3. The molecule has 0 heterocycles. The molecule has 0 aromatic heterocycles. The molecule has 0 saturated carbocycles. The van der Waals surface area contributed by atoms with Crippen LogP contribution in [0.4, 0.5) is 4.39 Å². The van der Waals surface area contributed by atoms with Crippen LogP contribution in [0.25, 0.3) is 4.85 Å². The van der Waals surface area contributed by atoms with Crippen molar-refractivity contribution in [2.24, 2.45) is 0 Å². The van der Waals surface area contributed by atoms with Crippen molar-refractivity contribution in [1.82, 2.24) is 0 Å². The molecule has 1 aromatic rings. The summed E-state index contributed by atoms with van der Waals surface area (Å²) in [5.41, 5.74) is -1.31. The van der Waals surface area contributed by atoms with Crippen LogP contribution in [-0.4, -0.2) is 10.8 Å². The Morgan fingerprint density at radius 3 is 2.43 bits per heavy atom. The number of phenolic OH excluding ortho intramolecular Hbond substituents is 1. The normalized spacial score (nSPS) is 13.3. The zero-order chi connectivity index (χ0) is 10.8. The highest BCUT2D eigenvalue weighted by Crippen LogP contribution is 2.36. The second-order valence-electron chi connectivity index (χ2n) is 3.65. The number of alkyl halides is 1. The molecule has 14 heavy (non-hydrogen) atoms. The molecule has 1 aromatic carbocycles. The molecule has 0 spiro atoms. The van der Waals surface area contributed by atoms with E-state index in [-0.39, 0.29) is 5.75 Å². The summed E-state index contributed by atoms with van der Waals surface area (Å²) in [5, 5.41) is 9.47. The number of phenols is 1. The lowest BCUT2D eigenvalue weighted by Gasteiger charge is -2.17. The van der Waals surface area contributed by atoms with Gasteiger partial charge in [0.25, 0.3) is 6.04 Å². The van der Waals surface area contributed by atoms with Gasteiger partial charge in [0.2, 0.25) is 0 Å². The van der Waals surface area contributed by atoms with Gasteiger partial charge in [-0.15, -0.1) is 0 Å². The number of hydrogen-bond acceptors (Lipinski definition) is 1. The maximum absolute atomic E-state index is 13.6. The summed E-state index contributed by atoms with van der Waals surface area (Å²) in [5.74, 6) is -0.0285. The number of benzene rings is 1. The van der Waals surface area contributed by atoms with Crippen molar-refractivity contribution in [2.75, 3.05) is 0 Å². The highest BCUT2D eigenvalue weighted by atomic mass is 19.1. The smallest absolute Gasteiger partial charge is 0.285 e. The quantitative estimate of drug-likeness (QED) is 0.717. The molecular formula is C11H12FNO. The van der Waals surface area contributed by atoms with Crippen LogP contribution in [-0.2, 0) is 0 Å². The first kappa shape index (κ1) is 10.5. The monoisotopic (exact) mass is 193 g/mol. The van der Waals surface area contributed by atoms with Gasteiger partial charge < -0.3 is 9.95 Å². The summed E-state index contributed by atoms with van der Waals surface area (Å²) in [6.07, 6.45) is 0. The van der Waals surface area contributed by atoms with Gasteiger partial charge in [0.15, 0.2) is 5.67 Å². The van der Waals surface area contributed by atoms with Crippen LogP contribution >= 0.6 is 0 Å². The molecule has 0 saturated heterocycles. The molecule has 0 amide bonds. The van der Waals surface area contributed by atoms with Crippen molar-refractivity contribution in [1.29, 1.82) is 0 Å². The topological polar surface area (TPSA) is 24.6 Å². The molecule has 0 fully saturated rings. The molecule has 0 radical (unpaired) electrons. The lowest BCUT2D eigenvalue weighted by Crippen LogP contribution is -2.21. The molecule has 0 aliphatic rings. The second kappa shape index (κ2) is 3.67. The first-order valence-electron chi connectivity index (χ1n) is 4.30. The van der Waals surface area contributed by atoms with Crippen LogP contribution < -0.4 is 0 Å². The van der Waals surface area contributed by atoms with Crippen LogP contribution in [0.15, 0.2) is 24.3 Å². The van der Waals surface area contributed by atoms with E-state index in [9.17, 15) is 9.50 Å². The SMILES string of the molecule is [C-]#[N+]C(c1ccccc1O)C(C)(C)F. The Morgan fingerprint density at radius 1 is 1.43 bits per heavy atom. The summed E-state index contributed by atoms with van der Waals surface area (Å²) in [4.78, 5) is 3.21. The van der Waals surface area contributed by atoms with Gasteiger partial charge in [-0.3, -0.25) is 0 Å². The Balaban J connectivity index is 3.16. The lowest BCUT2D eigenvalue weighted by molar-refractivity contribution is 0.191. The summed E-state index contributed by atoms with van der Waals surface area (Å²) in [6, 6.07) is 5.39. The van der Waals surface area contributed by atoms with Gasteiger partial charge in [-0.05, 0) is 26.0 Å². The van der Waals surface area contributed by atoms with Gasteiger partial charge in [-0.1, -0.05) is 12.1 Å². The van der Waals surface area contributed by atoms with Gasteiger partial charge in [-0.2, -0.15) is 0 Å². The van der Waals surface area contributed by atoms with E-state index in [1.54, 1.807) is 18.2 Å². The Kier molecular flexibility index (Phi) is 2.76. The number of rotatable bonds is 2. The molecule has 0 bridgehead atoms. The number of halogens is 1. The van der Waals surface area contributed by atoms with E-state index < -0.39 is 11.7 Å². The first-order valence-corrected chi connectivity index (χ1v) is 4.30. The lowest BCUT2D eigenvalue weighted by atomic mass is 9.93. The fraction of sp³-hybridized carbons (Fsp3) is 0.364. The van der Waals surface area contributed by atoms with Crippen LogP contribution in [0.1, 0.15) is 25.5 Å². The molecule has 3 heteroatoms. The van der Waals surface area contributed by atoms with E-state index in [2.05, 4.69) is 4.85 Å². The molecule has 0 aliphatic carbocycles. The van der Waals surface area contributed by atoms with Gasteiger partial charge >= 0.3 is 0 Å². The minimum atomic E-state index is -1.65. The van der Waals surface area contributed by atoms with Crippen LogP contribution in [0.3, 0.4) is 0 Å². The summed E-state index contributed by atoms with van der Waals surface area (Å²) in [7, 11) is 0. The third kappa shape index (κ3) is 2.02. The summed E-state index contributed by atoms with van der Waals surface area (Å²) in [6.45, 7) is 9.59. The van der Waals surface area contributed by atoms with Crippen molar-refractivity contribution in [2.45, 2.75) is 25.6 Å². The number of nitrogens with zero attached hydrogens (tertiary/aromatic N) is 1. The van der Waals surface area contributed by atoms with Gasteiger partial charge in [0.05, 0.1) is 5.56 Å². The van der Waals surface area contributed by atoms with E-state index in [0.29, 0.717) is 5.56 Å². The number of hydrogen-bond donors (Lipinski definition) is 1. The Hall–Kier alpha value is -1.56. The fourth-order valence-electron chi connectivity index (χ4n) is 1.31. The Labute approximate surface area is 82.8 Å². The molecule has 1 N–H and O–H groups in total. The van der Waals surface area contributed by atoms with Gasteiger partial charge in [0.1, 0.15) is 5.75 Å². The maximum atomic E-state index is 13.6. The Bertz CT molecular complexity index is 362. The minimum absolute atomic E-state index is 0.0285. The molecule has 2 nitrogen and oxygen atoms in total. The van der Waals surface area contributed by atoms with Crippen molar-refractivity contribution < 1.29 is 9.50 Å². The van der Waals surface area contributed by atoms with Crippen LogP contribution in [0, 0.1) is 6.57 Å². The minimum Gasteiger partial charge on any atom is -0.507 e. The zero-order valence-electron chi connectivity index (χ0n) is 8.16. The summed E-state index contributed by atoms with van der Waals surface area (Å²) < 4.78 is 13.6. The largest absolute Gasteiger partial charge is 0.507 e. The first-order chi connectivity index (χ1) is 6.46. The second-order valence-corrected chi connectivity index (χ2v) is 3.65. The predicted octanol–water partition coefficient (Wildman–Crippen LogP) is 3.10. The molecule has 0 aliphatic heterocycles. The van der Waals surface area contributed by atoms with Gasteiger partial charge in [0, 0.05) is 0 Å². The third-order valence-corrected chi connectivity index (χ3v) is 2.01. The molecule has 74 valence electrons. The van der Waals surface area contributed by atoms with Crippen LogP contribution in [0.2, 0.25) is 0 Å². The van der Waals surface area contributed by atoms with Crippen LogP contribution in [0.5, 0.6) is 5.75 Å². The predicted molar refractivity (Wildman–Crippen MR) is 52.6 cm³/mol. The number of aromatic hydroxyl groups is 1. The van der Waals surface area contributed by atoms with Crippen molar-refractivity contribution >= 4 is 0 Å². The fourth-order valence-corrected chi connectivity index (χ4v) is 1.31. The highest BCUT2D eigenvalue weighted by molar-refractivity contribution is 5.37. The molecule has 1 atom stereocenters. The van der Waals surface area contributed by atoms with Gasteiger partial charge in [-0.25, -0.2) is 11.0 Å². The molecular weight excluding hydrogens is 181 g/mol. The zero-order valence-corrected chi connectivity index (χ0v) is 8.16. The van der Waals surface area contributed by atoms with E-state index in [0.717, 1.165) is 0 Å². The highest BCUT2D eigenvalue weighted by Gasteiger charge is 2.37. The number of para-hydroxylation sites is 1. The van der Waals surface area contributed by atoms with E-state index >= 15 is 0 Å². The summed E-state index contributed by atoms with van der Waals surface area (Å²) >= 11 is 0. The van der Waals surface area contributed by atoms with E-state index in [1.807, 2.05) is 0 Å². The Morgan fingerprint density at radius 2 is 2.00 bits per heavy atom. The van der Waals surface area contributed by atoms with Crippen molar-refractivity contribution in [3.63, 3.8) is 0 Å². The van der Waals surface area contributed by atoms with E-state index in [4.69, 9.17) is 6.57 Å². The van der Waals surface area contributed by atoms with E-state index in [1.165, 1.54) is 19.9 Å². The maximum Gasteiger partial charge on any atom is 0.285 e. The average molecular weight is 193 g/mol. The van der Waals surface area contributed by atoms with Crippen molar-refractivity contribution in [3.8, 4) is 5.75 Å². The third-order valence-electron chi connectivity index (χ3n) is 2.01. The average Bonchev–Trinajstić information content (AvgIpc) is 2.07. The molecule has 1 unspecified atom stereocenters. The molecule has 1 rings (SSSR count). The van der Waals surface area contributed by atoms with Crippen molar-refractivity contribution in [3.05, 3.63) is 41.2 Å².